The summed E-state index contributed by atoms with van der Waals surface area (Å²) in [7, 11) is -3.53. The average Bonchev–Trinajstić information content (AvgIpc) is 2.92. The molecule has 0 spiro atoms. The Labute approximate surface area is 153 Å². The lowest BCUT2D eigenvalue weighted by molar-refractivity contribution is 0.401. The molecule has 2 aromatic heterocycles. The van der Waals surface area contributed by atoms with E-state index in [9.17, 15) is 8.42 Å². The van der Waals surface area contributed by atoms with Crippen LogP contribution in [0.2, 0.25) is 0 Å². The molecule has 1 saturated heterocycles. The number of H-pyrrole nitrogens is 1. The minimum atomic E-state index is -3.53. The number of aromatic amines is 1. The van der Waals surface area contributed by atoms with Crippen molar-refractivity contribution < 1.29 is 8.42 Å². The van der Waals surface area contributed by atoms with Gasteiger partial charge in [-0.3, -0.25) is 5.10 Å². The molecule has 1 aliphatic heterocycles. The maximum absolute atomic E-state index is 12.5. The number of nitrogens with zero attached hydrogens (tertiary/aromatic N) is 4. The molecule has 0 saturated carbocycles. The Morgan fingerprint density at radius 1 is 1.23 bits per heavy atom. The SMILES string of the molecule is Cc1n[nH]c(C)c1S(=O)(=O)NCC1CN(c2cc3c(nn2)CCCC3)C1. The van der Waals surface area contributed by atoms with Crippen LogP contribution in [-0.2, 0) is 22.9 Å². The predicted molar refractivity (Wildman–Crippen MR) is 97.6 cm³/mol. The molecular weight excluding hydrogens is 352 g/mol. The van der Waals surface area contributed by atoms with Crippen molar-refractivity contribution in [2.45, 2.75) is 44.4 Å². The fourth-order valence-electron chi connectivity index (χ4n) is 3.76. The molecule has 2 N–H and O–H groups in total. The van der Waals surface area contributed by atoms with Gasteiger partial charge >= 0.3 is 0 Å². The van der Waals surface area contributed by atoms with E-state index in [2.05, 4.69) is 36.1 Å². The third-order valence-electron chi connectivity index (χ3n) is 5.23. The minimum Gasteiger partial charge on any atom is -0.354 e. The molecule has 0 aromatic carbocycles. The quantitative estimate of drug-likeness (QED) is 0.810. The van der Waals surface area contributed by atoms with Gasteiger partial charge < -0.3 is 4.90 Å². The summed E-state index contributed by atoms with van der Waals surface area (Å²) in [6.45, 7) is 5.41. The third kappa shape index (κ3) is 3.21. The molecule has 0 unspecified atom stereocenters. The number of rotatable bonds is 5. The number of anilines is 1. The van der Waals surface area contributed by atoms with Crippen molar-refractivity contribution in [2.75, 3.05) is 24.5 Å². The van der Waals surface area contributed by atoms with Gasteiger partial charge in [0, 0.05) is 25.6 Å². The minimum absolute atomic E-state index is 0.259. The van der Waals surface area contributed by atoms with Crippen LogP contribution < -0.4 is 9.62 Å². The van der Waals surface area contributed by atoms with E-state index in [0.29, 0.717) is 17.9 Å². The molecule has 0 bridgehead atoms. The van der Waals surface area contributed by atoms with Gasteiger partial charge in [-0.1, -0.05) is 0 Å². The van der Waals surface area contributed by atoms with Gasteiger partial charge in [0.2, 0.25) is 10.0 Å². The Balaban J connectivity index is 1.34. The van der Waals surface area contributed by atoms with E-state index >= 15 is 0 Å². The first kappa shape index (κ1) is 17.4. The van der Waals surface area contributed by atoms with E-state index in [1.165, 1.54) is 18.4 Å². The molecule has 0 radical (unpaired) electrons. The van der Waals surface area contributed by atoms with Gasteiger partial charge in [-0.25, -0.2) is 13.1 Å². The fraction of sp³-hybridized carbons (Fsp3) is 0.588. The molecule has 2 aliphatic rings. The Kier molecular flexibility index (Phi) is 4.44. The van der Waals surface area contributed by atoms with Gasteiger partial charge in [0.25, 0.3) is 0 Å². The zero-order chi connectivity index (χ0) is 18.3. The molecule has 26 heavy (non-hydrogen) atoms. The standard InChI is InChI=1S/C17H24N6O2S/c1-11-17(12(2)20-19-11)26(24,25)18-8-13-9-23(10-13)16-7-14-5-3-4-6-15(14)21-22-16/h7,13,18H,3-6,8-10H2,1-2H3,(H,19,20). The number of aromatic nitrogens is 4. The highest BCUT2D eigenvalue weighted by atomic mass is 32.2. The highest BCUT2D eigenvalue weighted by Gasteiger charge is 2.31. The number of nitrogens with one attached hydrogen (secondary N) is 2. The molecule has 1 aliphatic carbocycles. The van der Waals surface area contributed by atoms with Gasteiger partial charge in [0.1, 0.15) is 4.90 Å². The molecule has 0 atom stereocenters. The summed E-state index contributed by atoms with van der Waals surface area (Å²) >= 11 is 0. The van der Waals surface area contributed by atoms with Gasteiger partial charge in [-0.05, 0) is 51.2 Å². The molecular formula is C17H24N6O2S. The van der Waals surface area contributed by atoms with Crippen LogP contribution in [0.4, 0.5) is 5.82 Å². The number of fused-ring (bicyclic) bond motifs is 1. The van der Waals surface area contributed by atoms with Crippen LogP contribution in [0.15, 0.2) is 11.0 Å². The van der Waals surface area contributed by atoms with Crippen molar-refractivity contribution >= 4 is 15.8 Å². The highest BCUT2D eigenvalue weighted by Crippen LogP contribution is 2.27. The van der Waals surface area contributed by atoms with Crippen LogP contribution in [0.3, 0.4) is 0 Å². The topological polar surface area (TPSA) is 104 Å². The molecule has 1 fully saturated rings. The van der Waals surface area contributed by atoms with Gasteiger partial charge in [-0.15, -0.1) is 5.10 Å². The van der Waals surface area contributed by atoms with E-state index in [0.717, 1.165) is 37.4 Å². The second-order valence-electron chi connectivity index (χ2n) is 7.27. The smallest absolute Gasteiger partial charge is 0.244 e. The van der Waals surface area contributed by atoms with Crippen LogP contribution >= 0.6 is 0 Å². The largest absolute Gasteiger partial charge is 0.354 e. The molecule has 9 heteroatoms. The van der Waals surface area contributed by atoms with Crippen molar-refractivity contribution in [3.63, 3.8) is 0 Å². The highest BCUT2D eigenvalue weighted by molar-refractivity contribution is 7.89. The molecule has 2 aromatic rings. The van der Waals surface area contributed by atoms with E-state index in [4.69, 9.17) is 0 Å². The first-order chi connectivity index (χ1) is 12.4. The normalized spacial score (nSPS) is 17.8. The van der Waals surface area contributed by atoms with E-state index in [1.54, 1.807) is 13.8 Å². The van der Waals surface area contributed by atoms with Crippen molar-refractivity contribution in [1.29, 1.82) is 0 Å². The van der Waals surface area contributed by atoms with Crippen molar-refractivity contribution in [1.82, 2.24) is 25.1 Å². The summed E-state index contributed by atoms with van der Waals surface area (Å²) in [5.41, 5.74) is 3.51. The first-order valence-corrected chi connectivity index (χ1v) is 10.5. The van der Waals surface area contributed by atoms with Gasteiger partial charge in [-0.2, -0.15) is 10.2 Å². The Morgan fingerprint density at radius 3 is 2.73 bits per heavy atom. The Morgan fingerprint density at radius 2 is 2.00 bits per heavy atom. The zero-order valence-electron chi connectivity index (χ0n) is 15.1. The van der Waals surface area contributed by atoms with Crippen LogP contribution in [-0.4, -0.2) is 48.4 Å². The van der Waals surface area contributed by atoms with E-state index in [1.807, 2.05) is 0 Å². The number of hydrogen-bond donors (Lipinski definition) is 2. The summed E-state index contributed by atoms with van der Waals surface area (Å²) in [4.78, 5) is 2.42. The second kappa shape index (κ2) is 6.62. The second-order valence-corrected chi connectivity index (χ2v) is 8.97. The lowest BCUT2D eigenvalue weighted by atomic mass is 9.96. The number of sulfonamides is 1. The first-order valence-electron chi connectivity index (χ1n) is 9.05. The summed E-state index contributed by atoms with van der Waals surface area (Å²) in [5.74, 6) is 1.18. The monoisotopic (exact) mass is 376 g/mol. The molecule has 140 valence electrons. The van der Waals surface area contributed by atoms with Crippen LogP contribution in [0, 0.1) is 19.8 Å². The van der Waals surface area contributed by atoms with Crippen LogP contribution in [0.1, 0.15) is 35.5 Å². The summed E-state index contributed by atoms with van der Waals surface area (Å²) in [6, 6.07) is 2.15. The summed E-state index contributed by atoms with van der Waals surface area (Å²) < 4.78 is 27.7. The Bertz CT molecular complexity index is 898. The molecule has 4 rings (SSSR count). The summed E-state index contributed by atoms with van der Waals surface area (Å²) in [6.07, 6.45) is 4.52. The number of hydrogen-bond acceptors (Lipinski definition) is 6. The zero-order valence-corrected chi connectivity index (χ0v) is 15.9. The lowest BCUT2D eigenvalue weighted by Crippen LogP contribution is -2.52. The van der Waals surface area contributed by atoms with Crippen molar-refractivity contribution in [3.8, 4) is 0 Å². The third-order valence-corrected chi connectivity index (χ3v) is 6.92. The van der Waals surface area contributed by atoms with Crippen molar-refractivity contribution in [3.05, 3.63) is 28.7 Å². The van der Waals surface area contributed by atoms with E-state index < -0.39 is 10.0 Å². The van der Waals surface area contributed by atoms with Crippen LogP contribution in [0.5, 0.6) is 0 Å². The maximum atomic E-state index is 12.5. The van der Waals surface area contributed by atoms with Crippen LogP contribution in [0.25, 0.3) is 0 Å². The lowest BCUT2D eigenvalue weighted by Gasteiger charge is -2.40. The van der Waals surface area contributed by atoms with Gasteiger partial charge in [0.15, 0.2) is 5.82 Å². The molecule has 8 nitrogen and oxygen atoms in total. The maximum Gasteiger partial charge on any atom is 0.244 e. The Hall–Kier alpha value is -2.00. The van der Waals surface area contributed by atoms with Crippen molar-refractivity contribution in [2.24, 2.45) is 5.92 Å². The fourth-order valence-corrected chi connectivity index (χ4v) is 5.24. The van der Waals surface area contributed by atoms with E-state index in [-0.39, 0.29) is 10.8 Å². The predicted octanol–water partition coefficient (Wildman–Crippen LogP) is 1.11. The molecule has 3 heterocycles. The van der Waals surface area contributed by atoms with Gasteiger partial charge in [0.05, 0.1) is 17.1 Å². The summed E-state index contributed by atoms with van der Waals surface area (Å²) in [5, 5.41) is 15.4. The number of aryl methyl sites for hydroxylation is 4. The average molecular weight is 376 g/mol. The molecule has 0 amide bonds.